The molecule has 0 bridgehead atoms. The highest BCUT2D eigenvalue weighted by Crippen LogP contribution is 2.11. The zero-order valence-corrected chi connectivity index (χ0v) is 10.8. The number of nitrogens with zero attached hydrogens (tertiary/aromatic N) is 2. The van der Waals surface area contributed by atoms with Crippen molar-refractivity contribution in [1.29, 1.82) is 0 Å². The lowest BCUT2D eigenvalue weighted by molar-refractivity contribution is 0.0690. The van der Waals surface area contributed by atoms with E-state index < -0.39 is 11.9 Å². The molecule has 0 aliphatic heterocycles. The van der Waals surface area contributed by atoms with E-state index in [0.717, 1.165) is 5.56 Å². The average Bonchev–Trinajstić information content (AvgIpc) is 2.48. The van der Waals surface area contributed by atoms with Crippen LogP contribution in [0.15, 0.2) is 42.7 Å². The molecule has 0 fully saturated rings. The summed E-state index contributed by atoms with van der Waals surface area (Å²) >= 11 is 0. The summed E-state index contributed by atoms with van der Waals surface area (Å²) in [5.74, 6) is -1.59. The quantitative estimate of drug-likeness (QED) is 0.882. The van der Waals surface area contributed by atoms with E-state index in [1.807, 2.05) is 13.0 Å². The molecule has 2 aromatic heterocycles. The molecule has 0 spiro atoms. The molecule has 102 valence electrons. The fourth-order valence-electron chi connectivity index (χ4n) is 1.67. The van der Waals surface area contributed by atoms with Gasteiger partial charge in [0.2, 0.25) is 0 Å². The Kier molecular flexibility index (Phi) is 4.05. The van der Waals surface area contributed by atoms with Crippen molar-refractivity contribution in [2.24, 2.45) is 0 Å². The van der Waals surface area contributed by atoms with Crippen molar-refractivity contribution in [3.63, 3.8) is 0 Å². The smallest absolute Gasteiger partial charge is 0.354 e. The predicted octanol–water partition coefficient (Wildman–Crippen LogP) is 1.67. The summed E-state index contributed by atoms with van der Waals surface area (Å²) in [6.45, 7) is 1.82. The van der Waals surface area contributed by atoms with Crippen LogP contribution in [0, 0.1) is 0 Å². The topological polar surface area (TPSA) is 92.2 Å². The van der Waals surface area contributed by atoms with Crippen molar-refractivity contribution in [3.05, 3.63) is 59.7 Å². The summed E-state index contributed by atoms with van der Waals surface area (Å²) in [6, 6.07) is 7.67. The molecule has 0 aromatic carbocycles. The lowest BCUT2D eigenvalue weighted by Gasteiger charge is -2.13. The highest BCUT2D eigenvalue weighted by molar-refractivity contribution is 5.94. The van der Waals surface area contributed by atoms with E-state index in [1.54, 1.807) is 18.5 Å². The van der Waals surface area contributed by atoms with Gasteiger partial charge in [-0.25, -0.2) is 9.78 Å². The van der Waals surface area contributed by atoms with Crippen LogP contribution in [0.4, 0.5) is 0 Å². The standard InChI is InChI=1S/C14H13N3O3/c1-9(10-4-3-7-15-8-10)16-13(18)11-5-2-6-12(17-11)14(19)20/h2-9H,1H3,(H,16,18)(H,19,20). The molecule has 1 unspecified atom stereocenters. The maximum absolute atomic E-state index is 12.0. The van der Waals surface area contributed by atoms with Crippen molar-refractivity contribution in [2.75, 3.05) is 0 Å². The van der Waals surface area contributed by atoms with Crippen LogP contribution in [0.3, 0.4) is 0 Å². The Morgan fingerprint density at radius 3 is 2.60 bits per heavy atom. The fraction of sp³-hybridized carbons (Fsp3) is 0.143. The van der Waals surface area contributed by atoms with Crippen molar-refractivity contribution < 1.29 is 14.7 Å². The third-order valence-corrected chi connectivity index (χ3v) is 2.73. The fourth-order valence-corrected chi connectivity index (χ4v) is 1.67. The minimum absolute atomic E-state index is 0.0700. The van der Waals surface area contributed by atoms with Crippen molar-refractivity contribution in [3.8, 4) is 0 Å². The Bertz CT molecular complexity index is 629. The Hall–Kier alpha value is -2.76. The van der Waals surface area contributed by atoms with Crippen LogP contribution in [-0.2, 0) is 0 Å². The van der Waals surface area contributed by atoms with E-state index >= 15 is 0 Å². The lowest BCUT2D eigenvalue weighted by Crippen LogP contribution is -2.27. The number of amides is 1. The van der Waals surface area contributed by atoms with Crippen LogP contribution in [0.1, 0.15) is 39.5 Å². The van der Waals surface area contributed by atoms with Crippen LogP contribution in [0.2, 0.25) is 0 Å². The van der Waals surface area contributed by atoms with Crippen molar-refractivity contribution in [2.45, 2.75) is 13.0 Å². The first kappa shape index (κ1) is 13.7. The number of carboxylic acids is 1. The second-order valence-electron chi connectivity index (χ2n) is 4.19. The van der Waals surface area contributed by atoms with Gasteiger partial charge < -0.3 is 10.4 Å². The van der Waals surface area contributed by atoms with Gasteiger partial charge in [0.05, 0.1) is 6.04 Å². The van der Waals surface area contributed by atoms with E-state index in [9.17, 15) is 9.59 Å². The molecule has 6 nitrogen and oxygen atoms in total. The number of carbonyl (C=O) groups is 2. The van der Waals surface area contributed by atoms with Crippen molar-refractivity contribution >= 4 is 11.9 Å². The van der Waals surface area contributed by atoms with E-state index in [-0.39, 0.29) is 17.4 Å². The SMILES string of the molecule is CC(NC(=O)c1cccc(C(=O)O)n1)c1cccnc1. The summed E-state index contributed by atoms with van der Waals surface area (Å²) in [6.07, 6.45) is 3.31. The minimum atomic E-state index is -1.17. The molecular weight excluding hydrogens is 258 g/mol. The molecule has 2 aromatic rings. The number of aromatic nitrogens is 2. The number of hydrogen-bond donors (Lipinski definition) is 2. The summed E-state index contributed by atoms with van der Waals surface area (Å²) in [5, 5.41) is 11.6. The Morgan fingerprint density at radius 2 is 1.95 bits per heavy atom. The van der Waals surface area contributed by atoms with Gasteiger partial charge in [-0.1, -0.05) is 12.1 Å². The Balaban J connectivity index is 2.12. The van der Waals surface area contributed by atoms with Crippen molar-refractivity contribution in [1.82, 2.24) is 15.3 Å². The van der Waals surface area contributed by atoms with E-state index in [0.29, 0.717) is 0 Å². The average molecular weight is 271 g/mol. The highest BCUT2D eigenvalue weighted by Gasteiger charge is 2.14. The molecule has 20 heavy (non-hydrogen) atoms. The molecule has 0 aliphatic rings. The van der Waals surface area contributed by atoms with E-state index in [1.165, 1.54) is 18.2 Å². The van der Waals surface area contributed by atoms with Crippen LogP contribution in [0.5, 0.6) is 0 Å². The number of hydrogen-bond acceptors (Lipinski definition) is 4. The molecule has 0 radical (unpaired) electrons. The molecule has 6 heteroatoms. The summed E-state index contributed by atoms with van der Waals surface area (Å²) in [4.78, 5) is 30.6. The zero-order chi connectivity index (χ0) is 14.5. The van der Waals surface area contributed by atoms with Gasteiger partial charge in [-0.3, -0.25) is 9.78 Å². The second-order valence-corrected chi connectivity index (χ2v) is 4.19. The van der Waals surface area contributed by atoms with Gasteiger partial charge in [0.1, 0.15) is 11.4 Å². The van der Waals surface area contributed by atoms with Gasteiger partial charge in [0.25, 0.3) is 5.91 Å². The number of nitrogens with one attached hydrogen (secondary N) is 1. The molecule has 0 saturated heterocycles. The number of carboxylic acid groups (broad SMARTS) is 1. The first-order valence-electron chi connectivity index (χ1n) is 5.99. The lowest BCUT2D eigenvalue weighted by atomic mass is 10.1. The van der Waals surface area contributed by atoms with Gasteiger partial charge in [-0.05, 0) is 30.7 Å². The van der Waals surface area contributed by atoms with Crippen LogP contribution >= 0.6 is 0 Å². The highest BCUT2D eigenvalue weighted by atomic mass is 16.4. The Labute approximate surface area is 115 Å². The van der Waals surface area contributed by atoms with Gasteiger partial charge in [-0.15, -0.1) is 0 Å². The molecule has 0 saturated carbocycles. The maximum atomic E-state index is 12.0. The molecular formula is C14H13N3O3. The monoisotopic (exact) mass is 271 g/mol. The third kappa shape index (κ3) is 3.17. The first-order chi connectivity index (χ1) is 9.58. The zero-order valence-electron chi connectivity index (χ0n) is 10.8. The Morgan fingerprint density at radius 1 is 1.20 bits per heavy atom. The minimum Gasteiger partial charge on any atom is -0.477 e. The number of pyridine rings is 2. The summed E-state index contributed by atoms with van der Waals surface area (Å²) in [7, 11) is 0. The molecule has 2 N–H and O–H groups in total. The second kappa shape index (κ2) is 5.92. The molecule has 2 heterocycles. The van der Waals surface area contributed by atoms with Gasteiger partial charge in [0.15, 0.2) is 0 Å². The molecule has 0 aliphatic carbocycles. The van der Waals surface area contributed by atoms with Crippen LogP contribution < -0.4 is 5.32 Å². The maximum Gasteiger partial charge on any atom is 0.354 e. The van der Waals surface area contributed by atoms with E-state index in [2.05, 4.69) is 15.3 Å². The van der Waals surface area contributed by atoms with Crippen LogP contribution in [0.25, 0.3) is 0 Å². The first-order valence-corrected chi connectivity index (χ1v) is 5.99. The summed E-state index contributed by atoms with van der Waals surface area (Å²) < 4.78 is 0. The molecule has 1 amide bonds. The normalized spacial score (nSPS) is 11.7. The van der Waals surface area contributed by atoms with Gasteiger partial charge in [-0.2, -0.15) is 0 Å². The summed E-state index contributed by atoms with van der Waals surface area (Å²) in [5.41, 5.74) is 0.766. The molecule has 2 rings (SSSR count). The number of carbonyl (C=O) groups excluding carboxylic acids is 1. The van der Waals surface area contributed by atoms with Gasteiger partial charge in [0, 0.05) is 12.4 Å². The van der Waals surface area contributed by atoms with Gasteiger partial charge >= 0.3 is 5.97 Å². The van der Waals surface area contributed by atoms with E-state index in [4.69, 9.17) is 5.11 Å². The third-order valence-electron chi connectivity index (χ3n) is 2.73. The molecule has 1 atom stereocenters. The number of rotatable bonds is 4. The number of aromatic carboxylic acids is 1. The predicted molar refractivity (Wildman–Crippen MR) is 71.3 cm³/mol. The van der Waals surface area contributed by atoms with Crippen LogP contribution in [-0.4, -0.2) is 27.0 Å². The largest absolute Gasteiger partial charge is 0.477 e.